The van der Waals surface area contributed by atoms with Gasteiger partial charge in [0.15, 0.2) is 17.2 Å². The molecule has 5 aliphatic rings. The lowest BCUT2D eigenvalue weighted by Gasteiger charge is -2.50. The Bertz CT molecular complexity index is 1460. The lowest BCUT2D eigenvalue weighted by Crippen LogP contribution is -2.63. The SMILES string of the molecule is CN(C)[C@@H]1C(O)=C(C(N)=O)C(=O)[C@@]2(O)C(O)=C3C(=O)c4c(O)ccc(C(=O)CN[C@@H]5C[C@H]6CC[C@@H]5C6)c4C[C@H]3C[C@@H]12. The summed E-state index contributed by atoms with van der Waals surface area (Å²) in [7, 11) is 3.15. The molecule has 1 amide bonds. The number of aromatic hydroxyl groups is 1. The summed E-state index contributed by atoms with van der Waals surface area (Å²) < 4.78 is 0. The first kappa shape index (κ1) is 27.6. The van der Waals surface area contributed by atoms with E-state index in [0.717, 1.165) is 12.8 Å². The minimum Gasteiger partial charge on any atom is -0.510 e. The molecule has 6 rings (SSSR count). The predicted octanol–water partition coefficient (Wildman–Crippen LogP) is 1.08. The molecule has 0 aromatic heterocycles. The van der Waals surface area contributed by atoms with Gasteiger partial charge >= 0.3 is 0 Å². The molecular formula is C30H35N3O8. The largest absolute Gasteiger partial charge is 0.510 e. The third-order valence-corrected chi connectivity index (χ3v) is 10.2. The lowest BCUT2D eigenvalue weighted by molar-refractivity contribution is -0.148. The summed E-state index contributed by atoms with van der Waals surface area (Å²) in [6.07, 6.45) is 4.69. The van der Waals surface area contributed by atoms with Gasteiger partial charge in [0.1, 0.15) is 22.8 Å². The van der Waals surface area contributed by atoms with Crippen LogP contribution in [0.1, 0.15) is 58.4 Å². The van der Waals surface area contributed by atoms with Gasteiger partial charge in [-0.1, -0.05) is 6.42 Å². The van der Waals surface area contributed by atoms with Crippen LogP contribution in [-0.4, -0.2) is 86.9 Å². The highest BCUT2D eigenvalue weighted by molar-refractivity contribution is 6.25. The number of nitrogens with two attached hydrogens (primary N) is 1. The molecule has 0 heterocycles. The maximum Gasteiger partial charge on any atom is 0.255 e. The lowest BCUT2D eigenvalue weighted by atomic mass is 9.58. The number of aliphatic hydroxyl groups excluding tert-OH is 2. The first-order chi connectivity index (χ1) is 19.4. The second-order valence-electron chi connectivity index (χ2n) is 12.5. The number of nitrogens with one attached hydrogen (secondary N) is 1. The van der Waals surface area contributed by atoms with Crippen LogP contribution >= 0.6 is 0 Å². The summed E-state index contributed by atoms with van der Waals surface area (Å²) in [6, 6.07) is 1.98. The van der Waals surface area contributed by atoms with E-state index in [9.17, 15) is 39.6 Å². The molecule has 2 bridgehead atoms. The van der Waals surface area contributed by atoms with Crippen LogP contribution in [0.2, 0.25) is 0 Å². The standard InChI is InChI=1S/C30H35N3O8/c1-33(2)24-17-10-14-9-16-15(20(35)11-32-18-8-12-3-4-13(18)7-12)5-6-19(34)22(16)25(36)21(14)27(38)30(17,41)28(39)23(26(24)37)29(31)40/h5-6,12-14,17-18,24,32,34,37-38,41H,3-4,7-11H2,1-2H3,(H2,31,40)/t12-,13+,14-,17-,18+,24-,30-/m0/s1. The van der Waals surface area contributed by atoms with E-state index >= 15 is 0 Å². The van der Waals surface area contributed by atoms with Crippen molar-refractivity contribution in [1.29, 1.82) is 0 Å². The van der Waals surface area contributed by atoms with E-state index in [-0.39, 0.29) is 48.1 Å². The van der Waals surface area contributed by atoms with E-state index in [1.807, 2.05) is 0 Å². The Labute approximate surface area is 236 Å². The van der Waals surface area contributed by atoms with Crippen LogP contribution in [0.5, 0.6) is 5.75 Å². The molecule has 7 atom stereocenters. The molecule has 0 aliphatic heterocycles. The van der Waals surface area contributed by atoms with Crippen molar-refractivity contribution >= 4 is 23.3 Å². The van der Waals surface area contributed by atoms with Crippen molar-refractivity contribution in [2.45, 2.75) is 56.2 Å². The molecule has 0 spiro atoms. The van der Waals surface area contributed by atoms with Crippen molar-refractivity contribution in [3.05, 3.63) is 51.5 Å². The second-order valence-corrected chi connectivity index (χ2v) is 12.5. The molecule has 7 N–H and O–H groups in total. The van der Waals surface area contributed by atoms with Gasteiger partial charge in [-0.3, -0.25) is 24.1 Å². The minimum absolute atomic E-state index is 0.0293. The number of ketones is 3. The van der Waals surface area contributed by atoms with Gasteiger partial charge in [-0.2, -0.15) is 0 Å². The van der Waals surface area contributed by atoms with E-state index in [1.165, 1.54) is 29.9 Å². The zero-order valence-electron chi connectivity index (χ0n) is 23.0. The maximum atomic E-state index is 13.8. The second kappa shape index (κ2) is 9.50. The number of benzene rings is 1. The first-order valence-electron chi connectivity index (χ1n) is 14.1. The van der Waals surface area contributed by atoms with Gasteiger partial charge in [-0.25, -0.2) is 0 Å². The maximum absolute atomic E-state index is 13.8. The Kier molecular flexibility index (Phi) is 6.40. The van der Waals surface area contributed by atoms with Crippen molar-refractivity contribution in [2.75, 3.05) is 20.6 Å². The third kappa shape index (κ3) is 3.89. The number of hydrogen-bond donors (Lipinski definition) is 6. The number of fused-ring (bicyclic) bond motifs is 5. The summed E-state index contributed by atoms with van der Waals surface area (Å²) in [6.45, 7) is 0.0893. The van der Waals surface area contributed by atoms with Crippen molar-refractivity contribution in [3.63, 3.8) is 0 Å². The van der Waals surface area contributed by atoms with Crippen LogP contribution in [0.15, 0.2) is 34.8 Å². The first-order valence-corrected chi connectivity index (χ1v) is 14.1. The molecule has 11 heteroatoms. The molecule has 2 saturated carbocycles. The van der Waals surface area contributed by atoms with Gasteiger partial charge in [0.25, 0.3) is 5.91 Å². The molecule has 2 fully saturated rings. The number of nitrogens with zero attached hydrogens (tertiary/aromatic N) is 1. The number of carbonyl (C=O) groups is 4. The van der Waals surface area contributed by atoms with Crippen LogP contribution in [0.3, 0.4) is 0 Å². The number of amides is 1. The summed E-state index contributed by atoms with van der Waals surface area (Å²) >= 11 is 0. The van der Waals surface area contributed by atoms with E-state index in [1.54, 1.807) is 14.1 Å². The highest BCUT2D eigenvalue weighted by Crippen LogP contribution is 2.52. The average Bonchev–Trinajstić information content (AvgIpc) is 3.53. The number of aliphatic hydroxyl groups is 3. The van der Waals surface area contributed by atoms with Gasteiger partial charge in [-0.15, -0.1) is 0 Å². The number of carbonyl (C=O) groups excluding carboxylic acids is 4. The normalized spacial score (nSPS) is 34.1. The molecule has 1 aromatic rings. The Morgan fingerprint density at radius 3 is 2.44 bits per heavy atom. The number of phenols is 1. The molecule has 0 saturated heterocycles. The fourth-order valence-electron chi connectivity index (χ4n) is 8.33. The Hall–Kier alpha value is -3.54. The van der Waals surface area contributed by atoms with Gasteiger partial charge < -0.3 is 31.5 Å². The molecule has 11 nitrogen and oxygen atoms in total. The summed E-state index contributed by atoms with van der Waals surface area (Å²) in [4.78, 5) is 54.3. The quantitative estimate of drug-likeness (QED) is 0.215. The molecule has 218 valence electrons. The van der Waals surface area contributed by atoms with Crippen LogP contribution < -0.4 is 11.1 Å². The van der Waals surface area contributed by atoms with Crippen molar-refractivity contribution < 1.29 is 39.6 Å². The highest BCUT2D eigenvalue weighted by Gasteiger charge is 2.63. The fourth-order valence-corrected chi connectivity index (χ4v) is 8.33. The van der Waals surface area contributed by atoms with E-state index in [4.69, 9.17) is 5.73 Å². The number of allylic oxidation sites excluding steroid dienone is 1. The van der Waals surface area contributed by atoms with E-state index in [0.29, 0.717) is 23.0 Å². The van der Waals surface area contributed by atoms with Crippen molar-refractivity contribution in [1.82, 2.24) is 10.2 Å². The monoisotopic (exact) mass is 565 g/mol. The number of primary amides is 1. The van der Waals surface area contributed by atoms with Crippen molar-refractivity contribution in [2.24, 2.45) is 29.4 Å². The molecule has 0 unspecified atom stereocenters. The van der Waals surface area contributed by atoms with Gasteiger partial charge in [0.05, 0.1) is 18.2 Å². The number of Topliss-reactive ketones (excluding diaryl/α,β-unsaturated/α-hetero) is 3. The van der Waals surface area contributed by atoms with Gasteiger partial charge in [-0.05, 0) is 81.6 Å². The smallest absolute Gasteiger partial charge is 0.255 e. The Morgan fingerprint density at radius 1 is 1.10 bits per heavy atom. The van der Waals surface area contributed by atoms with Gasteiger partial charge in [0, 0.05) is 23.1 Å². The van der Waals surface area contributed by atoms with Gasteiger partial charge in [0.2, 0.25) is 5.78 Å². The van der Waals surface area contributed by atoms with Crippen LogP contribution in [0, 0.1) is 23.7 Å². The summed E-state index contributed by atoms with van der Waals surface area (Å²) in [5.74, 6) is -6.08. The van der Waals surface area contributed by atoms with Crippen LogP contribution in [-0.2, 0) is 16.0 Å². The molecule has 0 radical (unpaired) electrons. The van der Waals surface area contributed by atoms with E-state index < -0.39 is 58.0 Å². The topological polar surface area (TPSA) is 190 Å². The summed E-state index contributed by atoms with van der Waals surface area (Å²) in [5, 5.41) is 48.1. The Balaban J connectivity index is 1.38. The van der Waals surface area contributed by atoms with Crippen LogP contribution in [0.25, 0.3) is 0 Å². The van der Waals surface area contributed by atoms with Crippen LogP contribution in [0.4, 0.5) is 0 Å². The zero-order valence-corrected chi connectivity index (χ0v) is 23.0. The minimum atomic E-state index is -2.70. The van der Waals surface area contributed by atoms with E-state index in [2.05, 4.69) is 5.32 Å². The molecular weight excluding hydrogens is 530 g/mol. The number of rotatable bonds is 6. The van der Waals surface area contributed by atoms with Crippen molar-refractivity contribution in [3.8, 4) is 5.75 Å². The fraction of sp³-hybridized carbons (Fsp3) is 0.533. The zero-order chi connectivity index (χ0) is 29.5. The predicted molar refractivity (Wildman–Crippen MR) is 145 cm³/mol. The number of phenolic OH excluding ortho intramolecular Hbond substituents is 1. The molecule has 5 aliphatic carbocycles. The molecule has 1 aromatic carbocycles. The Morgan fingerprint density at radius 2 is 1.83 bits per heavy atom. The molecule has 41 heavy (non-hydrogen) atoms. The average molecular weight is 566 g/mol. The third-order valence-electron chi connectivity index (χ3n) is 10.2. The highest BCUT2D eigenvalue weighted by atomic mass is 16.3. The number of likely N-dealkylation sites (N-methyl/N-ethyl adjacent to an activating group) is 1. The number of hydrogen-bond acceptors (Lipinski definition) is 10. The summed E-state index contributed by atoms with van der Waals surface area (Å²) in [5.41, 5.74) is 2.06.